The second kappa shape index (κ2) is 9.49. The number of esters is 2. The third kappa shape index (κ3) is 4.56. The van der Waals surface area contributed by atoms with E-state index in [0.717, 1.165) is 29.7 Å². The minimum Gasteiger partial charge on any atom is -0.489 e. The summed E-state index contributed by atoms with van der Waals surface area (Å²) in [5.74, 6) is -0.902. The smallest absolute Gasteiger partial charge is 0.345 e. The lowest BCUT2D eigenvalue weighted by Gasteiger charge is -2.10. The number of furan rings is 1. The monoisotopic (exact) mass is 459 g/mol. The SMILES string of the molecule is O=C(OC(=O)[C@@H]1CCCN1)c1cccc(COc2ccc(-c3ccc(F)c4ccoc34)cc2)c1. The average Bonchev–Trinajstić information content (AvgIpc) is 3.57. The summed E-state index contributed by atoms with van der Waals surface area (Å²) < 4.78 is 30.3. The lowest BCUT2D eigenvalue weighted by Crippen LogP contribution is -2.33. The first-order chi connectivity index (χ1) is 16.6. The third-order valence-corrected chi connectivity index (χ3v) is 5.84. The van der Waals surface area contributed by atoms with Crippen LogP contribution >= 0.6 is 0 Å². The maximum Gasteiger partial charge on any atom is 0.345 e. The lowest BCUT2D eigenvalue weighted by atomic mass is 10.0. The Morgan fingerprint density at radius 1 is 1.06 bits per heavy atom. The van der Waals surface area contributed by atoms with Crippen molar-refractivity contribution in [3.05, 3.63) is 89.9 Å². The quantitative estimate of drug-likeness (QED) is 0.313. The molecule has 4 aromatic rings. The number of halogens is 1. The van der Waals surface area contributed by atoms with Crippen molar-refractivity contribution in [1.82, 2.24) is 5.32 Å². The highest BCUT2D eigenvalue weighted by Gasteiger charge is 2.26. The minimum atomic E-state index is -0.673. The van der Waals surface area contributed by atoms with E-state index in [9.17, 15) is 14.0 Å². The van der Waals surface area contributed by atoms with Gasteiger partial charge in [0.1, 0.15) is 29.8 Å². The highest BCUT2D eigenvalue weighted by molar-refractivity contribution is 5.98. The van der Waals surface area contributed by atoms with Gasteiger partial charge < -0.3 is 19.2 Å². The molecule has 7 heteroatoms. The predicted molar refractivity (Wildman–Crippen MR) is 124 cm³/mol. The Balaban J connectivity index is 1.23. The molecular formula is C27H22FNO5. The third-order valence-electron chi connectivity index (χ3n) is 5.84. The summed E-state index contributed by atoms with van der Waals surface area (Å²) in [5, 5.41) is 3.46. The maximum absolute atomic E-state index is 13.9. The average molecular weight is 459 g/mol. The van der Waals surface area contributed by atoms with Crippen molar-refractivity contribution >= 4 is 22.9 Å². The highest BCUT2D eigenvalue weighted by Crippen LogP contribution is 2.32. The number of carbonyl (C=O) groups excluding carboxylic acids is 2. The summed E-state index contributed by atoms with van der Waals surface area (Å²) in [6.45, 7) is 0.983. The summed E-state index contributed by atoms with van der Waals surface area (Å²) in [5.41, 5.74) is 3.22. The molecule has 0 aliphatic carbocycles. The van der Waals surface area contributed by atoms with Gasteiger partial charge in [-0.15, -0.1) is 0 Å². The second-order valence-corrected chi connectivity index (χ2v) is 8.13. The summed E-state index contributed by atoms with van der Waals surface area (Å²) in [7, 11) is 0. The van der Waals surface area contributed by atoms with E-state index >= 15 is 0 Å². The van der Waals surface area contributed by atoms with E-state index in [-0.39, 0.29) is 12.4 Å². The molecule has 3 aromatic carbocycles. The van der Waals surface area contributed by atoms with Crippen molar-refractivity contribution in [2.24, 2.45) is 0 Å². The highest BCUT2D eigenvalue weighted by atomic mass is 19.1. The molecule has 1 saturated heterocycles. The molecule has 0 saturated carbocycles. The summed E-state index contributed by atoms with van der Waals surface area (Å²) in [4.78, 5) is 24.4. The predicted octanol–water partition coefficient (Wildman–Crippen LogP) is 5.25. The van der Waals surface area contributed by atoms with Gasteiger partial charge in [0, 0.05) is 5.56 Å². The number of nitrogens with one attached hydrogen (secondary N) is 1. The van der Waals surface area contributed by atoms with E-state index in [4.69, 9.17) is 13.9 Å². The lowest BCUT2D eigenvalue weighted by molar-refractivity contribution is -0.139. The Morgan fingerprint density at radius 2 is 1.91 bits per heavy atom. The Kier molecular flexibility index (Phi) is 6.10. The van der Waals surface area contributed by atoms with Crippen LogP contribution < -0.4 is 10.1 Å². The van der Waals surface area contributed by atoms with E-state index in [0.29, 0.717) is 28.7 Å². The molecule has 1 aliphatic rings. The van der Waals surface area contributed by atoms with E-state index in [1.165, 1.54) is 12.3 Å². The van der Waals surface area contributed by atoms with E-state index in [1.54, 1.807) is 30.3 Å². The summed E-state index contributed by atoms with van der Waals surface area (Å²) >= 11 is 0. The number of benzene rings is 3. The Bertz CT molecular complexity index is 1340. The van der Waals surface area contributed by atoms with Crippen LogP contribution in [0.2, 0.25) is 0 Å². The zero-order chi connectivity index (χ0) is 23.5. The van der Waals surface area contributed by atoms with Crippen LogP contribution in [0, 0.1) is 5.82 Å². The standard InChI is InChI=1S/C27H22FNO5/c28-23-11-10-21(25-22(23)12-14-32-25)18-6-8-20(9-7-18)33-16-17-3-1-4-19(15-17)26(30)34-27(31)24-5-2-13-29-24/h1,3-4,6-12,14-15,24,29H,2,5,13,16H2/t24-/m0/s1. The van der Waals surface area contributed by atoms with Crippen molar-refractivity contribution in [1.29, 1.82) is 0 Å². The Morgan fingerprint density at radius 3 is 2.71 bits per heavy atom. The number of hydrogen-bond acceptors (Lipinski definition) is 6. The van der Waals surface area contributed by atoms with Gasteiger partial charge in [0.05, 0.1) is 17.2 Å². The minimum absolute atomic E-state index is 0.234. The molecule has 0 bridgehead atoms. The van der Waals surface area contributed by atoms with Gasteiger partial charge in [-0.05, 0) is 73.0 Å². The molecule has 1 fully saturated rings. The van der Waals surface area contributed by atoms with E-state index in [2.05, 4.69) is 5.32 Å². The van der Waals surface area contributed by atoms with Gasteiger partial charge in [-0.2, -0.15) is 0 Å². The van der Waals surface area contributed by atoms with Crippen molar-refractivity contribution in [3.8, 4) is 16.9 Å². The van der Waals surface area contributed by atoms with Crippen LogP contribution in [0.1, 0.15) is 28.8 Å². The van der Waals surface area contributed by atoms with E-state index < -0.39 is 18.0 Å². The molecule has 34 heavy (non-hydrogen) atoms. The van der Waals surface area contributed by atoms with E-state index in [1.807, 2.05) is 30.3 Å². The van der Waals surface area contributed by atoms with Crippen molar-refractivity contribution in [3.63, 3.8) is 0 Å². The number of rotatable bonds is 6. The van der Waals surface area contributed by atoms with Gasteiger partial charge in [-0.25, -0.2) is 14.0 Å². The number of hydrogen-bond donors (Lipinski definition) is 1. The molecule has 0 unspecified atom stereocenters. The molecule has 5 rings (SSSR count). The second-order valence-electron chi connectivity index (χ2n) is 8.13. The van der Waals surface area contributed by atoms with Gasteiger partial charge in [-0.1, -0.05) is 24.3 Å². The first-order valence-electron chi connectivity index (χ1n) is 11.1. The first kappa shape index (κ1) is 21.9. The fourth-order valence-corrected chi connectivity index (χ4v) is 4.05. The molecule has 1 aliphatic heterocycles. The Labute approximate surface area is 195 Å². The van der Waals surface area contributed by atoms with Crippen LogP contribution in [0.25, 0.3) is 22.1 Å². The van der Waals surface area contributed by atoms with Crippen LogP contribution in [0.4, 0.5) is 4.39 Å². The zero-order valence-electron chi connectivity index (χ0n) is 18.3. The van der Waals surface area contributed by atoms with Gasteiger partial charge >= 0.3 is 11.9 Å². The fourth-order valence-electron chi connectivity index (χ4n) is 4.05. The van der Waals surface area contributed by atoms with Crippen molar-refractivity contribution in [2.75, 3.05) is 6.54 Å². The molecule has 1 N–H and O–H groups in total. The van der Waals surface area contributed by atoms with Gasteiger partial charge in [0.2, 0.25) is 0 Å². The molecule has 1 aromatic heterocycles. The number of fused-ring (bicyclic) bond motifs is 1. The van der Waals surface area contributed by atoms with Crippen LogP contribution in [-0.4, -0.2) is 24.5 Å². The normalized spacial score (nSPS) is 15.4. The van der Waals surface area contributed by atoms with Gasteiger partial charge in [-0.3, -0.25) is 0 Å². The summed E-state index contributed by atoms with van der Waals surface area (Å²) in [6.07, 6.45) is 3.03. The van der Waals surface area contributed by atoms with Gasteiger partial charge in [0.25, 0.3) is 0 Å². The summed E-state index contributed by atoms with van der Waals surface area (Å²) in [6, 6.07) is 18.5. The maximum atomic E-state index is 13.9. The van der Waals surface area contributed by atoms with Crippen molar-refractivity contribution in [2.45, 2.75) is 25.5 Å². The first-order valence-corrected chi connectivity index (χ1v) is 11.1. The fraction of sp³-hybridized carbons (Fsp3) is 0.185. The topological polar surface area (TPSA) is 77.8 Å². The molecule has 1 atom stereocenters. The van der Waals surface area contributed by atoms with Crippen LogP contribution in [0.15, 0.2) is 77.4 Å². The number of carbonyl (C=O) groups is 2. The van der Waals surface area contributed by atoms with Crippen LogP contribution in [0.5, 0.6) is 5.75 Å². The molecule has 6 nitrogen and oxygen atoms in total. The molecule has 2 heterocycles. The number of ether oxygens (including phenoxy) is 2. The Hall–Kier alpha value is -3.97. The van der Waals surface area contributed by atoms with Crippen LogP contribution in [-0.2, 0) is 16.1 Å². The molecule has 0 amide bonds. The molecule has 172 valence electrons. The molecule has 0 radical (unpaired) electrons. The van der Waals surface area contributed by atoms with Gasteiger partial charge in [0.15, 0.2) is 0 Å². The van der Waals surface area contributed by atoms with Crippen molar-refractivity contribution < 1.29 is 27.9 Å². The van der Waals surface area contributed by atoms with Crippen LogP contribution in [0.3, 0.4) is 0 Å². The zero-order valence-corrected chi connectivity index (χ0v) is 18.3. The molecular weight excluding hydrogens is 437 g/mol. The largest absolute Gasteiger partial charge is 0.489 e. The molecule has 0 spiro atoms.